The Morgan fingerprint density at radius 3 is 3.21 bits per heavy atom. The van der Waals surface area contributed by atoms with Gasteiger partial charge in [0.25, 0.3) is 0 Å². The van der Waals surface area contributed by atoms with Crippen molar-refractivity contribution >= 4 is 0 Å². The van der Waals surface area contributed by atoms with E-state index in [0.717, 1.165) is 13.1 Å². The third-order valence-corrected chi connectivity index (χ3v) is 2.78. The molecule has 2 heterocycles. The Balaban J connectivity index is 2.09. The zero-order chi connectivity index (χ0) is 9.80. The standard InChI is InChI=1S/C10H18N4/c11-4-6-14-8-12-7-10(14)9-3-1-2-5-13-9/h7-9,13H,1-6,11H2. The van der Waals surface area contributed by atoms with Crippen LogP contribution in [0.1, 0.15) is 31.0 Å². The van der Waals surface area contributed by atoms with Gasteiger partial charge in [0.1, 0.15) is 0 Å². The van der Waals surface area contributed by atoms with Crippen LogP contribution in [0.4, 0.5) is 0 Å². The summed E-state index contributed by atoms with van der Waals surface area (Å²) in [6.45, 7) is 2.67. The lowest BCUT2D eigenvalue weighted by Gasteiger charge is -2.24. The van der Waals surface area contributed by atoms with Crippen molar-refractivity contribution in [1.29, 1.82) is 0 Å². The third-order valence-electron chi connectivity index (χ3n) is 2.78. The minimum absolute atomic E-state index is 0.484. The Morgan fingerprint density at radius 2 is 2.50 bits per heavy atom. The first kappa shape index (κ1) is 9.68. The van der Waals surface area contributed by atoms with Crippen LogP contribution in [0, 0.1) is 0 Å². The summed E-state index contributed by atoms with van der Waals surface area (Å²) >= 11 is 0. The van der Waals surface area contributed by atoms with Crippen LogP contribution in [-0.4, -0.2) is 22.6 Å². The van der Waals surface area contributed by atoms with Gasteiger partial charge in [0, 0.05) is 25.3 Å². The van der Waals surface area contributed by atoms with E-state index in [1.165, 1.54) is 25.0 Å². The average Bonchev–Trinajstić information content (AvgIpc) is 2.68. The number of aromatic nitrogens is 2. The molecule has 1 aromatic heterocycles. The van der Waals surface area contributed by atoms with E-state index in [-0.39, 0.29) is 0 Å². The Kier molecular flexibility index (Phi) is 3.16. The molecule has 1 aromatic rings. The van der Waals surface area contributed by atoms with Crippen molar-refractivity contribution in [3.05, 3.63) is 18.2 Å². The van der Waals surface area contributed by atoms with Crippen LogP contribution in [0.5, 0.6) is 0 Å². The molecule has 1 unspecified atom stereocenters. The summed E-state index contributed by atoms with van der Waals surface area (Å²) in [5, 5.41) is 3.52. The predicted molar refractivity (Wildman–Crippen MR) is 55.9 cm³/mol. The van der Waals surface area contributed by atoms with E-state index in [9.17, 15) is 0 Å². The van der Waals surface area contributed by atoms with E-state index >= 15 is 0 Å². The highest BCUT2D eigenvalue weighted by atomic mass is 15.1. The normalized spacial score (nSPS) is 22.5. The Bertz CT molecular complexity index is 275. The summed E-state index contributed by atoms with van der Waals surface area (Å²) in [5.41, 5.74) is 6.84. The van der Waals surface area contributed by atoms with Crippen molar-refractivity contribution in [2.75, 3.05) is 13.1 Å². The zero-order valence-electron chi connectivity index (χ0n) is 8.45. The van der Waals surface area contributed by atoms with E-state index in [1.807, 2.05) is 12.5 Å². The van der Waals surface area contributed by atoms with Crippen LogP contribution >= 0.6 is 0 Å². The van der Waals surface area contributed by atoms with Crippen molar-refractivity contribution in [3.8, 4) is 0 Å². The van der Waals surface area contributed by atoms with Crippen molar-refractivity contribution in [1.82, 2.24) is 14.9 Å². The van der Waals surface area contributed by atoms with Crippen LogP contribution in [0.25, 0.3) is 0 Å². The zero-order valence-corrected chi connectivity index (χ0v) is 8.45. The van der Waals surface area contributed by atoms with Crippen molar-refractivity contribution in [2.45, 2.75) is 31.8 Å². The average molecular weight is 194 g/mol. The van der Waals surface area contributed by atoms with Gasteiger partial charge in [-0.2, -0.15) is 0 Å². The Labute approximate surface area is 84.5 Å². The first-order valence-electron chi connectivity index (χ1n) is 5.35. The molecule has 0 aromatic carbocycles. The van der Waals surface area contributed by atoms with Gasteiger partial charge in [-0.1, -0.05) is 6.42 Å². The predicted octanol–water partition coefficient (Wildman–Crippen LogP) is 0.656. The maximum atomic E-state index is 5.55. The van der Waals surface area contributed by atoms with Gasteiger partial charge in [-0.3, -0.25) is 0 Å². The number of imidazole rings is 1. The Hall–Kier alpha value is -0.870. The number of hydrogen-bond donors (Lipinski definition) is 2. The Morgan fingerprint density at radius 1 is 1.57 bits per heavy atom. The number of piperidine rings is 1. The lowest BCUT2D eigenvalue weighted by Crippen LogP contribution is -2.29. The summed E-state index contributed by atoms with van der Waals surface area (Å²) in [6, 6.07) is 0.484. The molecule has 3 N–H and O–H groups in total. The maximum absolute atomic E-state index is 5.55. The highest BCUT2D eigenvalue weighted by molar-refractivity contribution is 5.06. The molecule has 1 aliphatic heterocycles. The summed E-state index contributed by atoms with van der Waals surface area (Å²) in [6.07, 6.45) is 7.65. The van der Waals surface area contributed by atoms with E-state index < -0.39 is 0 Å². The van der Waals surface area contributed by atoms with Crippen LogP contribution in [-0.2, 0) is 6.54 Å². The second-order valence-electron chi connectivity index (χ2n) is 3.80. The molecular formula is C10H18N4. The van der Waals surface area contributed by atoms with Gasteiger partial charge in [0.15, 0.2) is 0 Å². The van der Waals surface area contributed by atoms with E-state index in [0.29, 0.717) is 12.6 Å². The fourth-order valence-electron chi connectivity index (χ4n) is 2.05. The second kappa shape index (κ2) is 4.57. The van der Waals surface area contributed by atoms with Crippen LogP contribution < -0.4 is 11.1 Å². The lowest BCUT2D eigenvalue weighted by molar-refractivity contribution is 0.393. The molecule has 4 nitrogen and oxygen atoms in total. The van der Waals surface area contributed by atoms with Gasteiger partial charge in [0.2, 0.25) is 0 Å². The first-order chi connectivity index (χ1) is 6.92. The van der Waals surface area contributed by atoms with Gasteiger partial charge in [-0.15, -0.1) is 0 Å². The molecule has 0 bridgehead atoms. The molecule has 0 amide bonds. The summed E-state index contributed by atoms with van der Waals surface area (Å²) in [4.78, 5) is 4.18. The largest absolute Gasteiger partial charge is 0.332 e. The smallest absolute Gasteiger partial charge is 0.0949 e. The summed E-state index contributed by atoms with van der Waals surface area (Å²) in [5.74, 6) is 0. The molecule has 2 rings (SSSR count). The van der Waals surface area contributed by atoms with Crippen molar-refractivity contribution < 1.29 is 0 Å². The molecule has 4 heteroatoms. The fourth-order valence-corrected chi connectivity index (χ4v) is 2.05. The fraction of sp³-hybridized carbons (Fsp3) is 0.700. The molecule has 78 valence electrons. The van der Waals surface area contributed by atoms with Crippen LogP contribution in [0.2, 0.25) is 0 Å². The van der Waals surface area contributed by atoms with Crippen LogP contribution in [0.3, 0.4) is 0 Å². The number of nitrogens with zero attached hydrogens (tertiary/aromatic N) is 2. The molecule has 0 saturated carbocycles. The summed E-state index contributed by atoms with van der Waals surface area (Å²) in [7, 11) is 0. The monoisotopic (exact) mass is 194 g/mol. The van der Waals surface area contributed by atoms with E-state index in [1.54, 1.807) is 0 Å². The van der Waals surface area contributed by atoms with Gasteiger partial charge in [-0.05, 0) is 19.4 Å². The lowest BCUT2D eigenvalue weighted by atomic mass is 10.0. The SMILES string of the molecule is NCCn1cncc1C1CCCCN1. The molecule has 1 saturated heterocycles. The minimum Gasteiger partial charge on any atom is -0.332 e. The molecule has 1 fully saturated rings. The molecule has 0 spiro atoms. The van der Waals surface area contributed by atoms with Gasteiger partial charge < -0.3 is 15.6 Å². The molecule has 0 aliphatic carbocycles. The maximum Gasteiger partial charge on any atom is 0.0949 e. The minimum atomic E-state index is 0.484. The van der Waals surface area contributed by atoms with Crippen molar-refractivity contribution in [2.24, 2.45) is 5.73 Å². The molecule has 1 atom stereocenters. The number of nitrogens with one attached hydrogen (secondary N) is 1. The first-order valence-corrected chi connectivity index (χ1v) is 5.35. The van der Waals surface area contributed by atoms with Gasteiger partial charge in [0.05, 0.1) is 12.0 Å². The quantitative estimate of drug-likeness (QED) is 0.743. The summed E-state index contributed by atoms with van der Waals surface area (Å²) < 4.78 is 2.16. The third kappa shape index (κ3) is 1.96. The second-order valence-corrected chi connectivity index (χ2v) is 3.80. The van der Waals surface area contributed by atoms with E-state index in [4.69, 9.17) is 5.73 Å². The highest BCUT2D eigenvalue weighted by Gasteiger charge is 2.17. The molecule has 1 aliphatic rings. The highest BCUT2D eigenvalue weighted by Crippen LogP contribution is 2.22. The van der Waals surface area contributed by atoms with Gasteiger partial charge >= 0.3 is 0 Å². The number of rotatable bonds is 3. The van der Waals surface area contributed by atoms with Gasteiger partial charge in [-0.25, -0.2) is 4.98 Å². The topological polar surface area (TPSA) is 55.9 Å². The van der Waals surface area contributed by atoms with Crippen LogP contribution in [0.15, 0.2) is 12.5 Å². The molecule has 0 radical (unpaired) electrons. The van der Waals surface area contributed by atoms with Crippen molar-refractivity contribution in [3.63, 3.8) is 0 Å². The number of nitrogens with two attached hydrogens (primary N) is 1. The number of hydrogen-bond acceptors (Lipinski definition) is 3. The van der Waals surface area contributed by atoms with E-state index in [2.05, 4.69) is 14.9 Å². The molecule has 14 heavy (non-hydrogen) atoms. The molecular weight excluding hydrogens is 176 g/mol.